The van der Waals surface area contributed by atoms with Crippen molar-refractivity contribution in [1.82, 2.24) is 0 Å². The van der Waals surface area contributed by atoms with Gasteiger partial charge in [0.25, 0.3) is 0 Å². The van der Waals surface area contributed by atoms with Gasteiger partial charge in [-0.15, -0.1) is 0 Å². The van der Waals surface area contributed by atoms with Gasteiger partial charge in [0.1, 0.15) is 0 Å². The van der Waals surface area contributed by atoms with Crippen molar-refractivity contribution in [3.05, 3.63) is 0 Å². The van der Waals surface area contributed by atoms with Crippen LogP contribution < -0.4 is 0 Å². The predicted octanol–water partition coefficient (Wildman–Crippen LogP) is 1.68. The van der Waals surface area contributed by atoms with Crippen LogP contribution in [0.4, 0.5) is 0 Å². The van der Waals surface area contributed by atoms with Crippen molar-refractivity contribution in [2.45, 2.75) is 31.5 Å². The SMILES string of the molecule is C1[C@H]2[C@@H]3C[C@@H]4O[C@@H]5C[C@@H]3[C@H]1[C@H]5[C@H]24. The van der Waals surface area contributed by atoms with Crippen molar-refractivity contribution in [3.63, 3.8) is 0 Å². The highest BCUT2D eigenvalue weighted by molar-refractivity contribution is 5.20. The zero-order chi connectivity index (χ0) is 7.45. The Kier molecular flexibility index (Phi) is 0.654. The van der Waals surface area contributed by atoms with E-state index in [-0.39, 0.29) is 0 Å². The number of hydrogen-bond donors (Lipinski definition) is 0. The van der Waals surface area contributed by atoms with E-state index in [1.807, 2.05) is 0 Å². The quantitative estimate of drug-likeness (QED) is 0.526. The number of rotatable bonds is 0. The van der Waals surface area contributed by atoms with Gasteiger partial charge in [0.2, 0.25) is 0 Å². The Morgan fingerprint density at radius 2 is 1.25 bits per heavy atom. The van der Waals surface area contributed by atoms with E-state index in [0.717, 1.165) is 47.7 Å². The molecule has 0 radical (unpaired) electrons. The Morgan fingerprint density at radius 3 is 1.83 bits per heavy atom. The topological polar surface area (TPSA) is 9.23 Å². The van der Waals surface area contributed by atoms with Crippen LogP contribution in [0.15, 0.2) is 0 Å². The van der Waals surface area contributed by atoms with E-state index in [0.29, 0.717) is 0 Å². The fourth-order valence-electron chi connectivity index (χ4n) is 5.87. The van der Waals surface area contributed by atoms with Crippen LogP contribution in [0, 0.1) is 35.5 Å². The van der Waals surface area contributed by atoms with Crippen LogP contribution in [0.3, 0.4) is 0 Å². The first kappa shape index (κ1) is 5.64. The second kappa shape index (κ2) is 1.39. The lowest BCUT2D eigenvalue weighted by Gasteiger charge is -2.23. The van der Waals surface area contributed by atoms with Gasteiger partial charge in [0.15, 0.2) is 0 Å². The molecule has 8 atom stereocenters. The molecule has 5 aliphatic rings. The highest BCUT2D eigenvalue weighted by Gasteiger charge is 2.73. The van der Waals surface area contributed by atoms with Crippen LogP contribution in [0.2, 0.25) is 0 Å². The standard InChI is InChI=1S/C11H14O/c1-6-4-2-8-10(6)11-7(1)5(4)3-9(11)12-8/h4-11H,1-3H2/t4-,5+,6-,7-,8+,9-,10+,11+/m0/s1. The molecule has 0 aromatic rings. The Morgan fingerprint density at radius 1 is 0.667 bits per heavy atom. The lowest BCUT2D eigenvalue weighted by atomic mass is 9.80. The van der Waals surface area contributed by atoms with Crippen LogP contribution in [0.5, 0.6) is 0 Å². The zero-order valence-corrected chi connectivity index (χ0v) is 7.15. The van der Waals surface area contributed by atoms with Gasteiger partial charge >= 0.3 is 0 Å². The summed E-state index contributed by atoms with van der Waals surface area (Å²) in [5.41, 5.74) is 0. The number of fused-ring (bicyclic) bond motifs is 1. The maximum atomic E-state index is 6.13. The monoisotopic (exact) mass is 162 g/mol. The van der Waals surface area contributed by atoms with E-state index >= 15 is 0 Å². The Balaban J connectivity index is 1.87. The van der Waals surface area contributed by atoms with E-state index in [1.165, 1.54) is 12.8 Å². The van der Waals surface area contributed by atoms with Crippen molar-refractivity contribution in [2.24, 2.45) is 35.5 Å². The molecule has 0 unspecified atom stereocenters. The first-order chi connectivity index (χ1) is 5.93. The third kappa shape index (κ3) is 0.348. The molecule has 0 N–H and O–H groups in total. The van der Waals surface area contributed by atoms with Crippen LogP contribution in [-0.2, 0) is 4.74 Å². The number of ether oxygens (including phenoxy) is 1. The molecule has 5 fully saturated rings. The smallest absolute Gasteiger partial charge is 0.0616 e. The van der Waals surface area contributed by atoms with Gasteiger partial charge in [0.05, 0.1) is 12.2 Å². The summed E-state index contributed by atoms with van der Waals surface area (Å²) < 4.78 is 6.13. The number of hydrogen-bond acceptors (Lipinski definition) is 1. The zero-order valence-electron chi connectivity index (χ0n) is 7.15. The summed E-state index contributed by atoms with van der Waals surface area (Å²) in [7, 11) is 0. The van der Waals surface area contributed by atoms with E-state index in [9.17, 15) is 0 Å². The van der Waals surface area contributed by atoms with Crippen molar-refractivity contribution in [3.8, 4) is 0 Å². The van der Waals surface area contributed by atoms with Gasteiger partial charge in [-0.1, -0.05) is 0 Å². The summed E-state index contributed by atoms with van der Waals surface area (Å²) in [4.78, 5) is 0. The maximum absolute atomic E-state index is 6.13. The molecular weight excluding hydrogens is 148 g/mol. The normalized spacial score (nSPS) is 80.0. The highest BCUT2D eigenvalue weighted by Crippen LogP contribution is 2.74. The molecule has 64 valence electrons. The molecule has 0 aromatic heterocycles. The van der Waals surface area contributed by atoms with Crippen LogP contribution >= 0.6 is 0 Å². The summed E-state index contributed by atoms with van der Waals surface area (Å²) in [6.07, 6.45) is 5.95. The Labute approximate surface area is 72.5 Å². The molecule has 4 aliphatic carbocycles. The van der Waals surface area contributed by atoms with Crippen molar-refractivity contribution in [2.75, 3.05) is 0 Å². The highest BCUT2D eigenvalue weighted by atomic mass is 16.5. The van der Waals surface area contributed by atoms with E-state index in [2.05, 4.69) is 0 Å². The minimum absolute atomic E-state index is 0.729. The average molecular weight is 162 g/mol. The fourth-order valence-corrected chi connectivity index (χ4v) is 5.87. The van der Waals surface area contributed by atoms with Crippen molar-refractivity contribution >= 4 is 0 Å². The largest absolute Gasteiger partial charge is 0.374 e. The first-order valence-electron chi connectivity index (χ1n) is 5.59. The third-order valence-corrected chi connectivity index (χ3v) is 5.84. The summed E-state index contributed by atoms with van der Waals surface area (Å²) >= 11 is 0. The minimum atomic E-state index is 0.729. The second-order valence-electron chi connectivity index (χ2n) is 5.73. The van der Waals surface area contributed by atoms with Crippen LogP contribution in [0.1, 0.15) is 19.3 Å². The predicted molar refractivity (Wildman–Crippen MR) is 43.5 cm³/mol. The molecule has 4 saturated carbocycles. The molecule has 0 amide bonds. The van der Waals surface area contributed by atoms with E-state index in [1.54, 1.807) is 6.42 Å². The van der Waals surface area contributed by atoms with Crippen LogP contribution in [-0.4, -0.2) is 12.2 Å². The van der Waals surface area contributed by atoms with Gasteiger partial charge in [-0.3, -0.25) is 0 Å². The lowest BCUT2D eigenvalue weighted by molar-refractivity contribution is 0.0392. The molecule has 12 heavy (non-hydrogen) atoms. The molecule has 1 heterocycles. The molecule has 1 nitrogen and oxygen atoms in total. The summed E-state index contributed by atoms with van der Waals surface area (Å²) in [6.45, 7) is 0. The summed E-state index contributed by atoms with van der Waals surface area (Å²) in [5, 5.41) is 0. The maximum Gasteiger partial charge on any atom is 0.0616 e. The fraction of sp³-hybridized carbons (Fsp3) is 1.00. The molecule has 1 aliphatic heterocycles. The first-order valence-corrected chi connectivity index (χ1v) is 5.59. The van der Waals surface area contributed by atoms with Gasteiger partial charge in [0, 0.05) is 0 Å². The molecule has 0 spiro atoms. The second-order valence-corrected chi connectivity index (χ2v) is 5.73. The van der Waals surface area contributed by atoms with Gasteiger partial charge in [-0.25, -0.2) is 0 Å². The van der Waals surface area contributed by atoms with E-state index < -0.39 is 0 Å². The lowest BCUT2D eigenvalue weighted by Crippen LogP contribution is -2.22. The van der Waals surface area contributed by atoms with Crippen LogP contribution in [0.25, 0.3) is 0 Å². The Bertz CT molecular complexity index is 244. The van der Waals surface area contributed by atoms with Gasteiger partial charge in [-0.05, 0) is 54.8 Å². The molecule has 1 heteroatoms. The molecule has 2 bridgehead atoms. The molecule has 1 saturated heterocycles. The summed E-state index contributed by atoms with van der Waals surface area (Å²) in [6, 6.07) is 0. The molecule has 0 aromatic carbocycles. The third-order valence-electron chi connectivity index (χ3n) is 5.84. The van der Waals surface area contributed by atoms with Gasteiger partial charge < -0.3 is 4.74 Å². The molecule has 5 rings (SSSR count). The Hall–Kier alpha value is -0.0400. The average Bonchev–Trinajstić information content (AvgIpc) is 2.57. The minimum Gasteiger partial charge on any atom is -0.374 e. The van der Waals surface area contributed by atoms with E-state index in [4.69, 9.17) is 4.74 Å². The van der Waals surface area contributed by atoms with Gasteiger partial charge in [-0.2, -0.15) is 0 Å². The van der Waals surface area contributed by atoms with Crippen molar-refractivity contribution < 1.29 is 4.74 Å². The summed E-state index contributed by atoms with van der Waals surface area (Å²) in [5.74, 6) is 6.58. The van der Waals surface area contributed by atoms with Crippen molar-refractivity contribution in [1.29, 1.82) is 0 Å². The molecular formula is C11H14O.